The van der Waals surface area contributed by atoms with Crippen molar-refractivity contribution in [3.63, 3.8) is 0 Å². The summed E-state index contributed by atoms with van der Waals surface area (Å²) >= 11 is 0. The van der Waals surface area contributed by atoms with E-state index in [9.17, 15) is 0 Å². The minimum Gasteiger partial charge on any atom is -0.256 e. The summed E-state index contributed by atoms with van der Waals surface area (Å²) in [7, 11) is 0. The van der Waals surface area contributed by atoms with Gasteiger partial charge in [0.2, 0.25) is 0 Å². The number of rotatable bonds is 6. The second-order valence-corrected chi connectivity index (χ2v) is 21.2. The van der Waals surface area contributed by atoms with Crippen molar-refractivity contribution in [2.45, 2.75) is 57.8 Å². The second-order valence-electron chi connectivity index (χ2n) is 21.2. The van der Waals surface area contributed by atoms with Crippen LogP contribution in [0.25, 0.3) is 100 Å². The predicted molar refractivity (Wildman–Crippen MR) is 290 cm³/mol. The maximum absolute atomic E-state index is 4.65. The van der Waals surface area contributed by atoms with Crippen LogP contribution in [0.4, 0.5) is 0 Å². The van der Waals surface area contributed by atoms with Crippen LogP contribution in [0, 0.1) is 0 Å². The fraction of sp³-hybridized carbons (Fsp3) is 0.132. The van der Waals surface area contributed by atoms with E-state index in [2.05, 4.69) is 247 Å². The normalized spacial score (nSPS) is 14.9. The van der Waals surface area contributed by atoms with Crippen molar-refractivity contribution in [1.82, 2.24) is 4.98 Å². The Morgan fingerprint density at radius 1 is 0.232 bits per heavy atom. The van der Waals surface area contributed by atoms with Crippen LogP contribution in [0.1, 0.15) is 74.9 Å². The third kappa shape index (κ3) is 6.40. The fourth-order valence-corrected chi connectivity index (χ4v) is 12.2. The highest BCUT2D eigenvalue weighted by Gasteiger charge is 2.39. The maximum atomic E-state index is 4.65. The molecule has 3 aliphatic carbocycles. The molecule has 1 nitrogen and oxygen atoms in total. The smallest absolute Gasteiger partial charge is 0.0702 e. The SMILES string of the molecule is CC1(C)c2cc(-c3cccc(-c4ccc(-c5ccccc5)cc4)c3)ccc2-c2ccc(-c3ccc4c(c3)C(C)(C)c3cc(-c5ccc6c(c5)C(C)(C)c5cc(-c7ccccn7)ccc5-6)ccc3-4)cc21. The molecule has 69 heavy (non-hydrogen) atoms. The molecular weight excluding hydrogens is 831 g/mol. The van der Waals surface area contributed by atoms with Crippen LogP contribution in [-0.2, 0) is 16.2 Å². The van der Waals surface area contributed by atoms with Crippen LogP contribution < -0.4 is 0 Å². The average Bonchev–Trinajstić information content (AvgIpc) is 3.87. The predicted octanol–water partition coefficient (Wildman–Crippen LogP) is 18.0. The monoisotopic (exact) mass is 883 g/mol. The number of pyridine rings is 1. The Hall–Kier alpha value is -7.87. The number of fused-ring (bicyclic) bond motifs is 9. The van der Waals surface area contributed by atoms with Gasteiger partial charge in [-0.3, -0.25) is 4.98 Å². The fourth-order valence-electron chi connectivity index (χ4n) is 12.2. The molecule has 13 rings (SSSR count). The summed E-state index contributed by atoms with van der Waals surface area (Å²) in [5.74, 6) is 0. The number of nitrogens with zero attached hydrogens (tertiary/aromatic N) is 1. The van der Waals surface area contributed by atoms with Gasteiger partial charge in [-0.15, -0.1) is 0 Å². The Morgan fingerprint density at radius 2 is 0.507 bits per heavy atom. The zero-order valence-corrected chi connectivity index (χ0v) is 40.2. The maximum Gasteiger partial charge on any atom is 0.0702 e. The lowest BCUT2D eigenvalue weighted by molar-refractivity contribution is 0.659. The zero-order chi connectivity index (χ0) is 46.8. The molecule has 0 fully saturated rings. The van der Waals surface area contributed by atoms with Crippen LogP contribution in [0.2, 0.25) is 0 Å². The van der Waals surface area contributed by atoms with Crippen molar-refractivity contribution in [2.24, 2.45) is 0 Å². The minimum absolute atomic E-state index is 0.128. The molecule has 1 aromatic heterocycles. The Morgan fingerprint density at radius 3 is 0.884 bits per heavy atom. The summed E-state index contributed by atoms with van der Waals surface area (Å²) in [6, 6.07) is 77.3. The highest BCUT2D eigenvalue weighted by atomic mass is 14.7. The van der Waals surface area contributed by atoms with Crippen LogP contribution in [0.15, 0.2) is 212 Å². The zero-order valence-electron chi connectivity index (χ0n) is 40.2. The van der Waals surface area contributed by atoms with Gasteiger partial charge in [0.25, 0.3) is 0 Å². The summed E-state index contributed by atoms with van der Waals surface area (Å²) in [4.78, 5) is 4.65. The van der Waals surface area contributed by atoms with Crippen LogP contribution in [-0.4, -0.2) is 4.98 Å². The first-order chi connectivity index (χ1) is 33.4. The lowest BCUT2D eigenvalue weighted by Crippen LogP contribution is -2.16. The van der Waals surface area contributed by atoms with E-state index in [0.29, 0.717) is 0 Å². The molecule has 0 atom stereocenters. The van der Waals surface area contributed by atoms with E-state index in [1.54, 1.807) is 0 Å². The van der Waals surface area contributed by atoms with Gasteiger partial charge in [-0.05, 0) is 177 Å². The van der Waals surface area contributed by atoms with Gasteiger partial charge in [-0.1, -0.05) is 193 Å². The molecule has 330 valence electrons. The van der Waals surface area contributed by atoms with Crippen molar-refractivity contribution in [2.75, 3.05) is 0 Å². The molecule has 3 aliphatic rings. The van der Waals surface area contributed by atoms with E-state index in [-0.39, 0.29) is 16.2 Å². The first-order valence-electron chi connectivity index (χ1n) is 24.5. The second kappa shape index (κ2) is 15.1. The van der Waals surface area contributed by atoms with E-state index >= 15 is 0 Å². The van der Waals surface area contributed by atoms with Gasteiger partial charge in [0, 0.05) is 28.0 Å². The molecule has 0 amide bonds. The van der Waals surface area contributed by atoms with Crippen LogP contribution in [0.3, 0.4) is 0 Å². The van der Waals surface area contributed by atoms with Gasteiger partial charge in [0.1, 0.15) is 0 Å². The van der Waals surface area contributed by atoms with Gasteiger partial charge in [0.15, 0.2) is 0 Å². The molecule has 10 aromatic rings. The van der Waals surface area contributed by atoms with E-state index < -0.39 is 0 Å². The Bertz CT molecular complexity index is 3720. The summed E-state index contributed by atoms with van der Waals surface area (Å²) < 4.78 is 0. The summed E-state index contributed by atoms with van der Waals surface area (Å²) in [6.07, 6.45) is 1.88. The number of hydrogen-bond acceptors (Lipinski definition) is 1. The first-order valence-corrected chi connectivity index (χ1v) is 24.5. The van der Waals surface area contributed by atoms with Crippen molar-refractivity contribution in [3.8, 4) is 100 Å². The molecule has 1 heterocycles. The molecular formula is C68H53N. The molecule has 0 N–H and O–H groups in total. The molecule has 0 spiro atoms. The van der Waals surface area contributed by atoms with Crippen molar-refractivity contribution < 1.29 is 0 Å². The lowest BCUT2D eigenvalue weighted by atomic mass is 9.79. The molecule has 0 saturated carbocycles. The molecule has 0 radical (unpaired) electrons. The van der Waals surface area contributed by atoms with Crippen molar-refractivity contribution in [1.29, 1.82) is 0 Å². The average molecular weight is 884 g/mol. The molecule has 0 bridgehead atoms. The van der Waals surface area contributed by atoms with Crippen molar-refractivity contribution in [3.05, 3.63) is 246 Å². The summed E-state index contributed by atoms with van der Waals surface area (Å²) in [5, 5.41) is 0. The Kier molecular flexibility index (Phi) is 9.02. The largest absolute Gasteiger partial charge is 0.256 e. The van der Waals surface area contributed by atoms with E-state index in [1.807, 2.05) is 12.3 Å². The van der Waals surface area contributed by atoms with Gasteiger partial charge in [-0.25, -0.2) is 0 Å². The van der Waals surface area contributed by atoms with Gasteiger partial charge >= 0.3 is 0 Å². The van der Waals surface area contributed by atoms with Gasteiger partial charge in [-0.2, -0.15) is 0 Å². The van der Waals surface area contributed by atoms with Crippen molar-refractivity contribution >= 4 is 0 Å². The van der Waals surface area contributed by atoms with E-state index in [1.165, 1.54) is 128 Å². The highest BCUT2D eigenvalue weighted by molar-refractivity contribution is 5.90. The molecule has 9 aromatic carbocycles. The molecule has 0 unspecified atom stereocenters. The number of aromatic nitrogens is 1. The number of benzene rings is 9. The molecule has 0 saturated heterocycles. The summed E-state index contributed by atoms with van der Waals surface area (Å²) in [5.41, 5.74) is 30.6. The number of hydrogen-bond donors (Lipinski definition) is 0. The van der Waals surface area contributed by atoms with Crippen LogP contribution in [0.5, 0.6) is 0 Å². The topological polar surface area (TPSA) is 12.9 Å². The van der Waals surface area contributed by atoms with E-state index in [4.69, 9.17) is 0 Å². The first kappa shape index (κ1) is 41.3. The standard InChI is InChI=1S/C68H53N/c1-66(2)59-36-47(46-16-12-15-45(35-46)44-20-18-43(19-21-44)42-13-8-7-9-14-42)22-28-53(59)54-29-23-48(37-60(54)66)49-24-30-55-56-31-25-50(39-62(56)67(3,4)61(55)38-49)51-26-32-57-58-33-27-52(65-17-10-11-34-69-65)41-64(58)68(5,6)63(57)40-51/h7-41H,1-6H3. The van der Waals surface area contributed by atoms with Gasteiger partial charge < -0.3 is 0 Å². The van der Waals surface area contributed by atoms with E-state index in [0.717, 1.165) is 5.69 Å². The lowest BCUT2D eigenvalue weighted by Gasteiger charge is -2.24. The molecule has 1 heteroatoms. The third-order valence-electron chi connectivity index (χ3n) is 16.2. The quantitative estimate of drug-likeness (QED) is 0.162. The van der Waals surface area contributed by atoms with Crippen LogP contribution >= 0.6 is 0 Å². The highest BCUT2D eigenvalue weighted by Crippen LogP contribution is 2.55. The summed E-state index contributed by atoms with van der Waals surface area (Å²) in [6.45, 7) is 14.4. The Balaban J connectivity index is 0.776. The minimum atomic E-state index is -0.156. The van der Waals surface area contributed by atoms with Gasteiger partial charge in [0.05, 0.1) is 5.69 Å². The third-order valence-corrected chi connectivity index (χ3v) is 16.2. The molecule has 0 aliphatic heterocycles. The Labute approximate surface area is 406 Å².